The first-order chi connectivity index (χ1) is 9.10. The Kier molecular flexibility index (Phi) is 3.84. The van der Waals surface area contributed by atoms with E-state index in [-0.39, 0.29) is 5.82 Å². The van der Waals surface area contributed by atoms with E-state index in [4.69, 9.17) is 0 Å². The smallest absolute Gasteiger partial charge is 0.152 e. The van der Waals surface area contributed by atoms with Crippen molar-refractivity contribution in [2.24, 2.45) is 0 Å². The highest BCUT2D eigenvalue weighted by Crippen LogP contribution is 2.23. The van der Waals surface area contributed by atoms with Crippen molar-refractivity contribution >= 4 is 17.3 Å². The average Bonchev–Trinajstić information content (AvgIpc) is 2.35. The summed E-state index contributed by atoms with van der Waals surface area (Å²) in [7, 11) is 0. The van der Waals surface area contributed by atoms with Crippen LogP contribution in [0.25, 0.3) is 0 Å². The molecule has 4 nitrogen and oxygen atoms in total. The molecule has 0 aliphatic heterocycles. The lowest BCUT2D eigenvalue weighted by atomic mass is 10.2. The minimum absolute atomic E-state index is 0.204. The van der Waals surface area contributed by atoms with Gasteiger partial charge in [-0.2, -0.15) is 0 Å². The molecule has 0 amide bonds. The predicted octanol–water partition coefficient (Wildman–Crippen LogP) is 3.07. The van der Waals surface area contributed by atoms with Gasteiger partial charge >= 0.3 is 0 Å². The van der Waals surface area contributed by atoms with E-state index in [0.29, 0.717) is 24.5 Å². The maximum absolute atomic E-state index is 13.4. The van der Waals surface area contributed by atoms with Crippen molar-refractivity contribution in [3.05, 3.63) is 42.0 Å². The Morgan fingerprint density at radius 1 is 1.00 bits per heavy atom. The molecule has 1 aromatic heterocycles. The molecule has 2 N–H and O–H groups in total. The van der Waals surface area contributed by atoms with E-state index in [1.165, 1.54) is 12.4 Å². The Bertz CT molecular complexity index is 566. The van der Waals surface area contributed by atoms with Crippen LogP contribution in [0, 0.1) is 17.5 Å². The minimum atomic E-state index is -1.03. The van der Waals surface area contributed by atoms with Crippen LogP contribution < -0.4 is 10.6 Å². The number of halogens is 3. The predicted molar refractivity (Wildman–Crippen MR) is 65.8 cm³/mol. The normalized spacial score (nSPS) is 10.3. The van der Waals surface area contributed by atoms with Crippen LogP contribution in [-0.2, 0) is 0 Å². The molecular formula is C12H11F3N4. The van der Waals surface area contributed by atoms with E-state index < -0.39 is 23.1 Å². The summed E-state index contributed by atoms with van der Waals surface area (Å²) >= 11 is 0. The number of nitrogens with one attached hydrogen (secondary N) is 2. The first-order valence-corrected chi connectivity index (χ1v) is 5.57. The number of aromatic nitrogens is 2. The summed E-state index contributed by atoms with van der Waals surface area (Å²) in [6.07, 6.45) is 1.25. The van der Waals surface area contributed by atoms with Gasteiger partial charge in [0.25, 0.3) is 0 Å². The maximum atomic E-state index is 13.4. The SMILES string of the molecule is CCNc1cc(Nc2c(F)cc(F)cc2F)ncn1. The molecule has 0 spiro atoms. The molecule has 7 heteroatoms. The summed E-state index contributed by atoms with van der Waals surface area (Å²) in [5, 5.41) is 5.39. The van der Waals surface area contributed by atoms with Gasteiger partial charge in [0.2, 0.25) is 0 Å². The average molecular weight is 268 g/mol. The second-order valence-electron chi connectivity index (χ2n) is 3.69. The number of hydrogen-bond donors (Lipinski definition) is 2. The molecule has 2 rings (SSSR count). The Morgan fingerprint density at radius 3 is 2.26 bits per heavy atom. The van der Waals surface area contributed by atoms with E-state index >= 15 is 0 Å². The van der Waals surface area contributed by atoms with Gasteiger partial charge in [0.15, 0.2) is 11.6 Å². The summed E-state index contributed by atoms with van der Waals surface area (Å²) in [6.45, 7) is 2.53. The van der Waals surface area contributed by atoms with Gasteiger partial charge in [0.05, 0.1) is 0 Å². The second-order valence-corrected chi connectivity index (χ2v) is 3.69. The minimum Gasteiger partial charge on any atom is -0.370 e. The summed E-state index contributed by atoms with van der Waals surface area (Å²) in [4.78, 5) is 7.75. The lowest BCUT2D eigenvalue weighted by molar-refractivity contribution is 0.548. The van der Waals surface area contributed by atoms with Crippen molar-refractivity contribution < 1.29 is 13.2 Å². The third kappa shape index (κ3) is 3.12. The second kappa shape index (κ2) is 5.55. The Labute approximate surface area is 107 Å². The standard InChI is InChI=1S/C12H11F3N4/c1-2-16-10-5-11(18-6-17-10)19-12-8(14)3-7(13)4-9(12)15/h3-6H,2H2,1H3,(H2,16,17,18,19). The van der Waals surface area contributed by atoms with E-state index in [0.717, 1.165) is 0 Å². The van der Waals surface area contributed by atoms with Gasteiger partial charge in [-0.25, -0.2) is 23.1 Å². The van der Waals surface area contributed by atoms with E-state index in [9.17, 15) is 13.2 Å². The molecule has 0 saturated carbocycles. The lowest BCUT2D eigenvalue weighted by Gasteiger charge is -2.09. The topological polar surface area (TPSA) is 49.8 Å². The first kappa shape index (κ1) is 13.1. The van der Waals surface area contributed by atoms with Crippen LogP contribution in [0.15, 0.2) is 24.5 Å². The third-order valence-electron chi connectivity index (χ3n) is 2.28. The fourth-order valence-corrected chi connectivity index (χ4v) is 1.49. The molecule has 100 valence electrons. The van der Waals surface area contributed by atoms with E-state index in [2.05, 4.69) is 20.6 Å². The summed E-state index contributed by atoms with van der Waals surface area (Å²) in [5.74, 6) is -2.31. The largest absolute Gasteiger partial charge is 0.370 e. The van der Waals surface area contributed by atoms with Crippen molar-refractivity contribution in [3.8, 4) is 0 Å². The van der Waals surface area contributed by atoms with E-state index in [1.54, 1.807) is 0 Å². The Morgan fingerprint density at radius 2 is 1.63 bits per heavy atom. The summed E-state index contributed by atoms with van der Waals surface area (Å²) < 4.78 is 39.7. The summed E-state index contributed by atoms with van der Waals surface area (Å²) in [5.41, 5.74) is -0.456. The van der Waals surface area contributed by atoms with E-state index in [1.807, 2.05) is 6.92 Å². The number of rotatable bonds is 4. The molecule has 1 heterocycles. The fraction of sp³-hybridized carbons (Fsp3) is 0.167. The van der Waals surface area contributed by atoms with Crippen molar-refractivity contribution in [2.75, 3.05) is 17.2 Å². The van der Waals surface area contributed by atoms with Crippen LogP contribution in [0.3, 0.4) is 0 Å². The number of nitrogens with zero attached hydrogens (tertiary/aromatic N) is 2. The highest BCUT2D eigenvalue weighted by molar-refractivity contribution is 5.60. The van der Waals surface area contributed by atoms with Crippen molar-refractivity contribution in [2.45, 2.75) is 6.92 Å². The zero-order valence-electron chi connectivity index (χ0n) is 10.0. The van der Waals surface area contributed by atoms with Crippen LogP contribution in [0.5, 0.6) is 0 Å². The summed E-state index contributed by atoms with van der Waals surface area (Å²) in [6, 6.07) is 2.68. The van der Waals surface area contributed by atoms with Gasteiger partial charge in [-0.3, -0.25) is 0 Å². The van der Waals surface area contributed by atoms with Gasteiger partial charge in [0, 0.05) is 24.7 Å². The highest BCUT2D eigenvalue weighted by Gasteiger charge is 2.12. The first-order valence-electron chi connectivity index (χ1n) is 5.57. The number of anilines is 3. The molecule has 2 aromatic rings. The molecule has 0 saturated heterocycles. The highest BCUT2D eigenvalue weighted by atomic mass is 19.1. The van der Waals surface area contributed by atoms with Crippen molar-refractivity contribution in [1.82, 2.24) is 9.97 Å². The quantitative estimate of drug-likeness (QED) is 0.894. The molecule has 0 bridgehead atoms. The van der Waals surface area contributed by atoms with Gasteiger partial charge in [-0.1, -0.05) is 0 Å². The Balaban J connectivity index is 2.28. The monoisotopic (exact) mass is 268 g/mol. The van der Waals surface area contributed by atoms with Gasteiger partial charge in [-0.15, -0.1) is 0 Å². The maximum Gasteiger partial charge on any atom is 0.152 e. The van der Waals surface area contributed by atoms with Crippen LogP contribution in [0.1, 0.15) is 6.92 Å². The van der Waals surface area contributed by atoms with Crippen LogP contribution in [0.2, 0.25) is 0 Å². The zero-order chi connectivity index (χ0) is 13.8. The van der Waals surface area contributed by atoms with Crippen LogP contribution in [-0.4, -0.2) is 16.5 Å². The molecule has 0 fully saturated rings. The lowest BCUT2D eigenvalue weighted by Crippen LogP contribution is -2.03. The van der Waals surface area contributed by atoms with Gasteiger partial charge in [0.1, 0.15) is 29.5 Å². The van der Waals surface area contributed by atoms with Crippen LogP contribution >= 0.6 is 0 Å². The molecule has 0 radical (unpaired) electrons. The van der Waals surface area contributed by atoms with Crippen molar-refractivity contribution in [3.63, 3.8) is 0 Å². The Hall–Kier alpha value is -2.31. The molecule has 19 heavy (non-hydrogen) atoms. The molecule has 0 atom stereocenters. The molecule has 1 aromatic carbocycles. The third-order valence-corrected chi connectivity index (χ3v) is 2.28. The molecular weight excluding hydrogens is 257 g/mol. The van der Waals surface area contributed by atoms with Gasteiger partial charge < -0.3 is 10.6 Å². The number of benzene rings is 1. The molecule has 0 aliphatic carbocycles. The zero-order valence-corrected chi connectivity index (χ0v) is 10.0. The number of hydrogen-bond acceptors (Lipinski definition) is 4. The fourth-order valence-electron chi connectivity index (χ4n) is 1.49. The van der Waals surface area contributed by atoms with Crippen molar-refractivity contribution in [1.29, 1.82) is 0 Å². The van der Waals surface area contributed by atoms with Crippen LogP contribution in [0.4, 0.5) is 30.5 Å². The van der Waals surface area contributed by atoms with Gasteiger partial charge in [-0.05, 0) is 6.92 Å². The molecule has 0 aliphatic rings. The molecule has 0 unspecified atom stereocenters.